The molecule has 3 nitrogen and oxygen atoms in total. The van der Waals surface area contributed by atoms with Crippen LogP contribution in [-0.2, 0) is 4.79 Å². The number of hydrogen-bond donors (Lipinski definition) is 2. The molecule has 0 aliphatic heterocycles. The first-order chi connectivity index (χ1) is 7.37. The Balaban J connectivity index is 2.20. The Kier molecular flexibility index (Phi) is 4.36. The number of carbonyl (C=O) groups excluding carboxylic acids is 1. The van der Waals surface area contributed by atoms with Gasteiger partial charge in [0.2, 0.25) is 5.91 Å². The number of rotatable bonds is 5. The van der Waals surface area contributed by atoms with Crippen molar-refractivity contribution in [2.45, 2.75) is 58.9 Å². The molecular formula is C13H26N2O. The zero-order valence-corrected chi connectivity index (χ0v) is 11.2. The Morgan fingerprint density at radius 3 is 2.31 bits per heavy atom. The third kappa shape index (κ3) is 4.12. The zero-order chi connectivity index (χ0) is 12.2. The molecule has 16 heavy (non-hydrogen) atoms. The first kappa shape index (κ1) is 13.5. The standard InChI is InChI=1S/C13H26N2O/c1-5-13(7-6-8-13)10-14-11(16)9-15-12(2,3)4/h15H,5-10H2,1-4H3,(H,14,16). The van der Waals surface area contributed by atoms with E-state index < -0.39 is 0 Å². The lowest BCUT2D eigenvalue weighted by molar-refractivity contribution is -0.121. The summed E-state index contributed by atoms with van der Waals surface area (Å²) in [5.74, 6) is 0.120. The highest BCUT2D eigenvalue weighted by Gasteiger charge is 2.35. The SMILES string of the molecule is CCC1(CNC(=O)CNC(C)(C)C)CCC1. The Bertz CT molecular complexity index is 233. The van der Waals surface area contributed by atoms with Crippen molar-refractivity contribution in [2.24, 2.45) is 5.41 Å². The average molecular weight is 226 g/mol. The van der Waals surface area contributed by atoms with E-state index in [9.17, 15) is 4.79 Å². The molecule has 0 heterocycles. The molecule has 0 aromatic carbocycles. The van der Waals surface area contributed by atoms with Crippen LogP contribution in [-0.4, -0.2) is 24.5 Å². The van der Waals surface area contributed by atoms with Crippen LogP contribution in [0.1, 0.15) is 53.4 Å². The summed E-state index contributed by atoms with van der Waals surface area (Å²) in [6.07, 6.45) is 5.05. The van der Waals surface area contributed by atoms with Crippen molar-refractivity contribution in [1.82, 2.24) is 10.6 Å². The molecule has 1 fully saturated rings. The average Bonchev–Trinajstić information content (AvgIpc) is 2.13. The van der Waals surface area contributed by atoms with Crippen molar-refractivity contribution < 1.29 is 4.79 Å². The molecule has 0 aromatic heterocycles. The number of amides is 1. The molecule has 2 N–H and O–H groups in total. The van der Waals surface area contributed by atoms with E-state index in [0.29, 0.717) is 12.0 Å². The number of nitrogens with one attached hydrogen (secondary N) is 2. The molecule has 0 saturated heterocycles. The van der Waals surface area contributed by atoms with Crippen molar-refractivity contribution in [3.05, 3.63) is 0 Å². The van der Waals surface area contributed by atoms with E-state index in [1.165, 1.54) is 25.7 Å². The zero-order valence-electron chi connectivity index (χ0n) is 11.2. The minimum absolute atomic E-state index is 0.0102. The lowest BCUT2D eigenvalue weighted by Gasteiger charge is -2.41. The van der Waals surface area contributed by atoms with Crippen LogP contribution >= 0.6 is 0 Å². The maximum atomic E-state index is 11.6. The van der Waals surface area contributed by atoms with E-state index in [-0.39, 0.29) is 11.4 Å². The number of carbonyl (C=O) groups is 1. The third-order valence-corrected chi connectivity index (χ3v) is 3.60. The predicted octanol–water partition coefficient (Wildman–Crippen LogP) is 2.07. The molecule has 94 valence electrons. The van der Waals surface area contributed by atoms with Gasteiger partial charge in [-0.3, -0.25) is 4.79 Å². The summed E-state index contributed by atoms with van der Waals surface area (Å²) >= 11 is 0. The van der Waals surface area contributed by atoms with Crippen LogP contribution in [0.3, 0.4) is 0 Å². The monoisotopic (exact) mass is 226 g/mol. The first-order valence-corrected chi connectivity index (χ1v) is 6.39. The van der Waals surface area contributed by atoms with Crippen LogP contribution in [0.5, 0.6) is 0 Å². The van der Waals surface area contributed by atoms with Gasteiger partial charge in [0, 0.05) is 12.1 Å². The van der Waals surface area contributed by atoms with Crippen LogP contribution < -0.4 is 10.6 Å². The van der Waals surface area contributed by atoms with Gasteiger partial charge in [0.05, 0.1) is 6.54 Å². The molecule has 1 aliphatic carbocycles. The lowest BCUT2D eigenvalue weighted by atomic mass is 9.67. The van der Waals surface area contributed by atoms with Crippen molar-refractivity contribution in [2.75, 3.05) is 13.1 Å². The maximum absolute atomic E-state index is 11.6. The highest BCUT2D eigenvalue weighted by Crippen LogP contribution is 2.42. The molecule has 1 amide bonds. The highest BCUT2D eigenvalue weighted by molar-refractivity contribution is 5.78. The van der Waals surface area contributed by atoms with Gasteiger partial charge in [-0.2, -0.15) is 0 Å². The van der Waals surface area contributed by atoms with Crippen molar-refractivity contribution >= 4 is 5.91 Å². The molecule has 0 bridgehead atoms. The van der Waals surface area contributed by atoms with Crippen molar-refractivity contribution in [1.29, 1.82) is 0 Å². The normalized spacial score (nSPS) is 19.0. The van der Waals surface area contributed by atoms with Crippen LogP contribution in [0.4, 0.5) is 0 Å². The van der Waals surface area contributed by atoms with Gasteiger partial charge in [-0.05, 0) is 45.4 Å². The second kappa shape index (κ2) is 5.17. The first-order valence-electron chi connectivity index (χ1n) is 6.39. The second-order valence-corrected chi connectivity index (χ2v) is 6.09. The van der Waals surface area contributed by atoms with E-state index in [0.717, 1.165) is 6.54 Å². The van der Waals surface area contributed by atoms with Crippen LogP contribution in [0.15, 0.2) is 0 Å². The Morgan fingerprint density at radius 1 is 1.31 bits per heavy atom. The fourth-order valence-corrected chi connectivity index (χ4v) is 2.03. The highest BCUT2D eigenvalue weighted by atomic mass is 16.1. The van der Waals surface area contributed by atoms with Gasteiger partial charge in [0.1, 0.15) is 0 Å². The Morgan fingerprint density at radius 2 is 1.94 bits per heavy atom. The van der Waals surface area contributed by atoms with Gasteiger partial charge in [-0.15, -0.1) is 0 Å². The summed E-state index contributed by atoms with van der Waals surface area (Å²) in [6, 6.07) is 0. The van der Waals surface area contributed by atoms with E-state index >= 15 is 0 Å². The lowest BCUT2D eigenvalue weighted by Crippen LogP contribution is -2.47. The van der Waals surface area contributed by atoms with Gasteiger partial charge in [-0.25, -0.2) is 0 Å². The molecule has 0 radical (unpaired) electrons. The number of hydrogen-bond acceptors (Lipinski definition) is 2. The molecule has 1 saturated carbocycles. The molecule has 1 rings (SSSR count). The summed E-state index contributed by atoms with van der Waals surface area (Å²) in [5, 5.41) is 6.25. The van der Waals surface area contributed by atoms with Gasteiger partial charge >= 0.3 is 0 Å². The van der Waals surface area contributed by atoms with Crippen molar-refractivity contribution in [3.63, 3.8) is 0 Å². The van der Waals surface area contributed by atoms with Crippen molar-refractivity contribution in [3.8, 4) is 0 Å². The minimum atomic E-state index is 0.0102. The van der Waals surface area contributed by atoms with E-state index in [1.807, 2.05) is 0 Å². The van der Waals surface area contributed by atoms with Gasteiger partial charge in [0.15, 0.2) is 0 Å². The Labute approximate surface area is 99.4 Å². The van der Waals surface area contributed by atoms with E-state index in [2.05, 4.69) is 38.3 Å². The van der Waals surface area contributed by atoms with Gasteiger partial charge < -0.3 is 10.6 Å². The molecule has 0 unspecified atom stereocenters. The molecule has 0 atom stereocenters. The molecule has 1 aliphatic rings. The Hall–Kier alpha value is -0.570. The largest absolute Gasteiger partial charge is 0.354 e. The minimum Gasteiger partial charge on any atom is -0.354 e. The third-order valence-electron chi connectivity index (χ3n) is 3.60. The fraction of sp³-hybridized carbons (Fsp3) is 0.923. The smallest absolute Gasteiger partial charge is 0.233 e. The van der Waals surface area contributed by atoms with E-state index in [4.69, 9.17) is 0 Å². The molecule has 0 aromatic rings. The fourth-order valence-electron chi connectivity index (χ4n) is 2.03. The van der Waals surface area contributed by atoms with Crippen LogP contribution in [0, 0.1) is 5.41 Å². The predicted molar refractivity (Wildman–Crippen MR) is 67.3 cm³/mol. The van der Waals surface area contributed by atoms with E-state index in [1.54, 1.807) is 0 Å². The molecular weight excluding hydrogens is 200 g/mol. The summed E-state index contributed by atoms with van der Waals surface area (Å²) in [5.41, 5.74) is 0.424. The van der Waals surface area contributed by atoms with Crippen LogP contribution in [0.2, 0.25) is 0 Å². The molecule has 3 heteroatoms. The molecule has 0 spiro atoms. The van der Waals surface area contributed by atoms with Crippen LogP contribution in [0.25, 0.3) is 0 Å². The summed E-state index contributed by atoms with van der Waals surface area (Å²) in [7, 11) is 0. The quantitative estimate of drug-likeness (QED) is 0.753. The summed E-state index contributed by atoms with van der Waals surface area (Å²) in [6.45, 7) is 9.70. The topological polar surface area (TPSA) is 41.1 Å². The van der Waals surface area contributed by atoms with Gasteiger partial charge in [0.25, 0.3) is 0 Å². The summed E-state index contributed by atoms with van der Waals surface area (Å²) < 4.78 is 0. The maximum Gasteiger partial charge on any atom is 0.233 e. The second-order valence-electron chi connectivity index (χ2n) is 6.09. The van der Waals surface area contributed by atoms with Gasteiger partial charge in [-0.1, -0.05) is 13.3 Å². The summed E-state index contributed by atoms with van der Waals surface area (Å²) in [4.78, 5) is 11.6.